The third kappa shape index (κ3) is 2.67. The number of hydrogen-bond acceptors (Lipinski definition) is 4. The molecule has 4 nitrogen and oxygen atoms in total. The Kier molecular flexibility index (Phi) is 4.52. The van der Waals surface area contributed by atoms with Gasteiger partial charge in [0.1, 0.15) is 16.8 Å². The lowest BCUT2D eigenvalue weighted by molar-refractivity contribution is -0.364. The monoisotopic (exact) mass is 506 g/mol. The van der Waals surface area contributed by atoms with Crippen LogP contribution in [0.15, 0.2) is 11.6 Å². The lowest BCUT2D eigenvalue weighted by atomic mass is 9.46. The average Bonchev–Trinajstić information content (AvgIpc) is 3.39. The van der Waals surface area contributed by atoms with Crippen molar-refractivity contribution >= 4 is 0 Å². The number of rotatable bonds is 1. The average molecular weight is 507 g/mol. The Morgan fingerprint density at radius 3 is 2.20 bits per heavy atom. The van der Waals surface area contributed by atoms with Gasteiger partial charge in [0.25, 0.3) is 0 Å². The van der Waals surface area contributed by atoms with Crippen LogP contribution in [0.25, 0.3) is 0 Å². The van der Waals surface area contributed by atoms with Crippen LogP contribution in [0.5, 0.6) is 0 Å². The van der Waals surface area contributed by atoms with Gasteiger partial charge in [-0.1, -0.05) is 33.8 Å². The lowest BCUT2D eigenvalue weighted by Gasteiger charge is -2.59. The van der Waals surface area contributed by atoms with E-state index in [1.165, 1.54) is 6.92 Å². The number of hydrogen-bond donors (Lipinski definition) is 1. The zero-order valence-electron chi connectivity index (χ0n) is 20.8. The van der Waals surface area contributed by atoms with E-state index in [0.29, 0.717) is 45.3 Å². The first kappa shape index (κ1) is 24.6. The molecule has 0 aromatic heterocycles. The Morgan fingerprint density at radius 2 is 1.57 bits per heavy atom. The number of allylic oxidation sites excluding steroid dienone is 1. The molecular formula is C26H35F5O4. The molecular weight excluding hydrogens is 471 g/mol. The maximum Gasteiger partial charge on any atom is 0.456 e. The van der Waals surface area contributed by atoms with Crippen molar-refractivity contribution in [3.63, 3.8) is 0 Å². The number of fused-ring (bicyclic) bond motifs is 3. The third-order valence-electron chi connectivity index (χ3n) is 11.2. The van der Waals surface area contributed by atoms with Gasteiger partial charge in [0.15, 0.2) is 5.79 Å². The van der Waals surface area contributed by atoms with Crippen molar-refractivity contribution in [1.82, 2.24) is 0 Å². The molecule has 0 amide bonds. The molecule has 6 rings (SSSR count). The number of alkyl halides is 5. The van der Waals surface area contributed by atoms with E-state index in [1.54, 1.807) is 6.92 Å². The van der Waals surface area contributed by atoms with E-state index in [0.717, 1.165) is 5.57 Å². The normalized spacial score (nSPS) is 50.0. The lowest BCUT2D eigenvalue weighted by Crippen LogP contribution is -2.66. The summed E-state index contributed by atoms with van der Waals surface area (Å²) in [6.07, 6.45) is -1.26. The predicted molar refractivity (Wildman–Crippen MR) is 116 cm³/mol. The Morgan fingerprint density at radius 1 is 0.914 bits per heavy atom. The minimum atomic E-state index is -5.81. The molecule has 35 heavy (non-hydrogen) atoms. The van der Waals surface area contributed by atoms with E-state index in [2.05, 4.69) is 13.8 Å². The van der Waals surface area contributed by atoms with Crippen molar-refractivity contribution in [2.45, 2.75) is 114 Å². The maximum absolute atomic E-state index is 14.8. The van der Waals surface area contributed by atoms with Crippen molar-refractivity contribution in [3.8, 4) is 0 Å². The van der Waals surface area contributed by atoms with Crippen LogP contribution in [0.2, 0.25) is 0 Å². The summed E-state index contributed by atoms with van der Waals surface area (Å²) >= 11 is 0. The molecule has 2 aliphatic heterocycles. The van der Waals surface area contributed by atoms with Gasteiger partial charge >= 0.3 is 12.1 Å². The highest BCUT2D eigenvalue weighted by Gasteiger charge is 2.84. The quantitative estimate of drug-likeness (QED) is 0.272. The molecule has 3 saturated carbocycles. The summed E-state index contributed by atoms with van der Waals surface area (Å²) < 4.78 is 89.0. The smallest absolute Gasteiger partial charge is 0.383 e. The summed E-state index contributed by atoms with van der Waals surface area (Å²) in [5.74, 6) is -6.08. The van der Waals surface area contributed by atoms with Crippen molar-refractivity contribution in [3.05, 3.63) is 11.6 Å². The van der Waals surface area contributed by atoms with Crippen molar-refractivity contribution in [2.24, 2.45) is 22.2 Å². The molecule has 0 aromatic rings. The van der Waals surface area contributed by atoms with Crippen molar-refractivity contribution < 1.29 is 41.3 Å². The van der Waals surface area contributed by atoms with Crippen LogP contribution in [0.1, 0.15) is 79.1 Å². The van der Waals surface area contributed by atoms with Gasteiger partial charge in [-0.3, -0.25) is 0 Å². The van der Waals surface area contributed by atoms with E-state index < -0.39 is 51.9 Å². The Hall–Kier alpha value is -0.770. The second-order valence-electron chi connectivity index (χ2n) is 13.4. The molecule has 1 unspecified atom stereocenters. The predicted octanol–water partition coefficient (Wildman–Crippen LogP) is 5.92. The zero-order valence-corrected chi connectivity index (χ0v) is 20.8. The van der Waals surface area contributed by atoms with E-state index in [9.17, 15) is 27.1 Å². The van der Waals surface area contributed by atoms with Gasteiger partial charge in [0.2, 0.25) is 0 Å². The highest BCUT2D eigenvalue weighted by molar-refractivity contribution is 5.45. The highest BCUT2D eigenvalue weighted by Crippen LogP contribution is 2.78. The fourth-order valence-electron chi connectivity index (χ4n) is 8.71. The summed E-state index contributed by atoms with van der Waals surface area (Å²) in [6.45, 7) is 8.63. The summed E-state index contributed by atoms with van der Waals surface area (Å²) in [6, 6.07) is 0. The third-order valence-corrected chi connectivity index (χ3v) is 11.2. The second kappa shape index (κ2) is 6.44. The molecule has 2 heterocycles. The molecule has 1 spiro atoms. The van der Waals surface area contributed by atoms with Crippen LogP contribution in [0.4, 0.5) is 22.0 Å². The molecule has 2 saturated heterocycles. The second-order valence-corrected chi connectivity index (χ2v) is 13.4. The van der Waals surface area contributed by atoms with Crippen LogP contribution in [-0.2, 0) is 14.2 Å². The van der Waals surface area contributed by atoms with E-state index in [-0.39, 0.29) is 24.2 Å². The molecule has 9 heteroatoms. The molecule has 0 bridgehead atoms. The molecule has 0 aromatic carbocycles. The maximum atomic E-state index is 14.8. The first-order chi connectivity index (χ1) is 15.9. The minimum absolute atomic E-state index is 0.0367. The highest BCUT2D eigenvalue weighted by atomic mass is 19.4. The standard InChI is InChI=1S/C26H35F5O4/c1-18(2)14-33-22(34-15-18)10-11-23-17-5-7-20(4)19(3,16(17)6-8-21(23,13-22)35-23)9-12-24(20,32)25(27,28)26(29,30)31/h5,16,32H,6-15H2,1-4H3/t16-,19+,20?,21-,23-,24+/m1/s1. The van der Waals surface area contributed by atoms with Gasteiger partial charge in [0, 0.05) is 23.7 Å². The van der Waals surface area contributed by atoms with Gasteiger partial charge in [-0.05, 0) is 55.4 Å². The van der Waals surface area contributed by atoms with Gasteiger partial charge in [-0.25, -0.2) is 0 Å². The van der Waals surface area contributed by atoms with E-state index >= 15 is 0 Å². The molecule has 4 aliphatic carbocycles. The fraction of sp³-hybridized carbons (Fsp3) is 0.923. The van der Waals surface area contributed by atoms with Crippen LogP contribution in [0, 0.1) is 22.2 Å². The molecule has 6 atom stereocenters. The first-order valence-corrected chi connectivity index (χ1v) is 12.8. The zero-order chi connectivity index (χ0) is 25.6. The SMILES string of the molecule is CC1(C)COC2(CC[C@]34O[C@]3(CC[C@@H]3C4=CCC4(C)[C@](O)(C(F)(F)C(F)(F)F)CC[C@@]34C)C2)OC1. The number of ether oxygens (including phenoxy) is 3. The first-order valence-electron chi connectivity index (χ1n) is 12.8. The largest absolute Gasteiger partial charge is 0.456 e. The van der Waals surface area contributed by atoms with Crippen LogP contribution in [-0.4, -0.2) is 53.0 Å². The number of halogens is 5. The minimum Gasteiger partial charge on any atom is -0.383 e. The van der Waals surface area contributed by atoms with Crippen LogP contribution < -0.4 is 0 Å². The van der Waals surface area contributed by atoms with Gasteiger partial charge in [0.05, 0.1) is 13.2 Å². The summed E-state index contributed by atoms with van der Waals surface area (Å²) in [5.41, 5.74) is -5.65. The summed E-state index contributed by atoms with van der Waals surface area (Å²) in [7, 11) is 0. The molecule has 5 fully saturated rings. The summed E-state index contributed by atoms with van der Waals surface area (Å²) in [4.78, 5) is 0. The Labute approximate surface area is 202 Å². The van der Waals surface area contributed by atoms with Crippen LogP contribution in [0.3, 0.4) is 0 Å². The number of aliphatic hydroxyl groups is 1. The van der Waals surface area contributed by atoms with Crippen LogP contribution >= 0.6 is 0 Å². The summed E-state index contributed by atoms with van der Waals surface area (Å²) in [5, 5.41) is 11.1. The van der Waals surface area contributed by atoms with Crippen molar-refractivity contribution in [1.29, 1.82) is 0 Å². The Balaban J connectivity index is 1.33. The molecule has 198 valence electrons. The van der Waals surface area contributed by atoms with Gasteiger partial charge in [-0.15, -0.1) is 0 Å². The topological polar surface area (TPSA) is 51.2 Å². The van der Waals surface area contributed by atoms with Crippen molar-refractivity contribution in [2.75, 3.05) is 13.2 Å². The fourth-order valence-corrected chi connectivity index (χ4v) is 8.71. The molecule has 1 N–H and O–H groups in total. The van der Waals surface area contributed by atoms with E-state index in [4.69, 9.17) is 14.2 Å². The van der Waals surface area contributed by atoms with Gasteiger partial charge in [-0.2, -0.15) is 22.0 Å². The van der Waals surface area contributed by atoms with E-state index in [1.807, 2.05) is 6.08 Å². The number of epoxide rings is 1. The van der Waals surface area contributed by atoms with Gasteiger partial charge < -0.3 is 19.3 Å². The Bertz CT molecular complexity index is 983. The molecule has 6 aliphatic rings. The molecule has 0 radical (unpaired) electrons.